The standard InChI is InChI=1S/C19H15F3N4O/c1-4-13-6-5-7-14(9-13)16(19(20,21)22)25-18(27)15-17-24-11(2)8-12(3)26(17)10-23-15/h1,5-10,16H,2-3H3,(H,25,27). The molecule has 1 aromatic carbocycles. The van der Waals surface area contributed by atoms with Crippen LogP contribution in [-0.4, -0.2) is 26.5 Å². The fourth-order valence-electron chi connectivity index (χ4n) is 2.80. The van der Waals surface area contributed by atoms with E-state index in [9.17, 15) is 18.0 Å². The van der Waals surface area contributed by atoms with Gasteiger partial charge in [-0.25, -0.2) is 9.97 Å². The molecule has 1 unspecified atom stereocenters. The minimum absolute atomic E-state index is 0.157. The van der Waals surface area contributed by atoms with E-state index in [0.717, 1.165) is 5.69 Å². The molecule has 0 aliphatic rings. The van der Waals surface area contributed by atoms with Crippen LogP contribution in [0.2, 0.25) is 0 Å². The van der Waals surface area contributed by atoms with Gasteiger partial charge in [-0.15, -0.1) is 6.42 Å². The van der Waals surface area contributed by atoms with Crippen molar-refractivity contribution in [2.45, 2.75) is 26.1 Å². The maximum Gasteiger partial charge on any atom is 0.412 e. The Labute approximate surface area is 153 Å². The van der Waals surface area contributed by atoms with Gasteiger partial charge in [-0.05, 0) is 37.6 Å². The monoisotopic (exact) mass is 372 g/mol. The van der Waals surface area contributed by atoms with E-state index in [1.807, 2.05) is 5.32 Å². The van der Waals surface area contributed by atoms with Gasteiger partial charge in [0.05, 0.1) is 0 Å². The van der Waals surface area contributed by atoms with E-state index in [0.29, 0.717) is 5.69 Å². The first-order chi connectivity index (χ1) is 12.7. The fraction of sp³-hybridized carbons (Fsp3) is 0.211. The summed E-state index contributed by atoms with van der Waals surface area (Å²) >= 11 is 0. The van der Waals surface area contributed by atoms with Gasteiger partial charge in [0.25, 0.3) is 5.91 Å². The highest BCUT2D eigenvalue weighted by Gasteiger charge is 2.42. The third kappa shape index (κ3) is 3.62. The lowest BCUT2D eigenvalue weighted by Gasteiger charge is -2.22. The van der Waals surface area contributed by atoms with Crippen molar-refractivity contribution in [3.8, 4) is 12.3 Å². The zero-order chi connectivity index (χ0) is 19.8. The Balaban J connectivity index is 2.00. The molecule has 2 heterocycles. The van der Waals surface area contributed by atoms with Crippen LogP contribution in [0.25, 0.3) is 5.65 Å². The highest BCUT2D eigenvalue weighted by molar-refractivity contribution is 5.98. The summed E-state index contributed by atoms with van der Waals surface area (Å²) in [4.78, 5) is 20.7. The number of alkyl halides is 3. The molecule has 1 amide bonds. The third-order valence-electron chi connectivity index (χ3n) is 4.03. The van der Waals surface area contributed by atoms with E-state index >= 15 is 0 Å². The van der Waals surface area contributed by atoms with Gasteiger partial charge < -0.3 is 5.32 Å². The van der Waals surface area contributed by atoms with Crippen LogP contribution in [0, 0.1) is 26.2 Å². The fourth-order valence-corrected chi connectivity index (χ4v) is 2.80. The number of nitrogens with one attached hydrogen (secondary N) is 1. The van der Waals surface area contributed by atoms with Gasteiger partial charge in [-0.2, -0.15) is 13.2 Å². The summed E-state index contributed by atoms with van der Waals surface area (Å²) in [5.74, 6) is 1.32. The van der Waals surface area contributed by atoms with E-state index in [-0.39, 0.29) is 22.5 Å². The van der Waals surface area contributed by atoms with Crippen molar-refractivity contribution in [2.24, 2.45) is 0 Å². The van der Waals surface area contributed by atoms with Crippen LogP contribution in [0.1, 0.15) is 39.0 Å². The van der Waals surface area contributed by atoms with Gasteiger partial charge in [0.2, 0.25) is 0 Å². The molecule has 1 atom stereocenters. The normalized spacial score (nSPS) is 12.6. The number of rotatable bonds is 3. The van der Waals surface area contributed by atoms with E-state index in [1.54, 1.807) is 24.3 Å². The Morgan fingerprint density at radius 3 is 2.70 bits per heavy atom. The molecular weight excluding hydrogens is 357 g/mol. The van der Waals surface area contributed by atoms with Gasteiger partial charge in [0.15, 0.2) is 17.4 Å². The van der Waals surface area contributed by atoms with Gasteiger partial charge in [-0.3, -0.25) is 9.20 Å². The zero-order valence-corrected chi connectivity index (χ0v) is 14.5. The number of amides is 1. The maximum absolute atomic E-state index is 13.6. The molecule has 1 N–H and O–H groups in total. The molecular formula is C19H15F3N4O. The Hall–Kier alpha value is -3.34. The summed E-state index contributed by atoms with van der Waals surface area (Å²) in [5, 5.41) is 2.01. The molecule has 138 valence electrons. The number of aromatic nitrogens is 3. The second-order valence-electron chi connectivity index (χ2n) is 6.04. The van der Waals surface area contributed by atoms with Crippen LogP contribution >= 0.6 is 0 Å². The molecule has 0 saturated heterocycles. The zero-order valence-electron chi connectivity index (χ0n) is 14.5. The van der Waals surface area contributed by atoms with Crippen molar-refractivity contribution < 1.29 is 18.0 Å². The average molecular weight is 372 g/mol. The predicted molar refractivity (Wildman–Crippen MR) is 93.1 cm³/mol. The van der Waals surface area contributed by atoms with Crippen molar-refractivity contribution in [1.82, 2.24) is 19.7 Å². The van der Waals surface area contributed by atoms with E-state index < -0.39 is 18.1 Å². The highest BCUT2D eigenvalue weighted by Crippen LogP contribution is 2.33. The lowest BCUT2D eigenvalue weighted by molar-refractivity contribution is -0.155. The Kier molecular flexibility index (Phi) is 4.62. The molecule has 27 heavy (non-hydrogen) atoms. The number of nitrogens with zero attached hydrogens (tertiary/aromatic N) is 3. The molecule has 0 aliphatic carbocycles. The number of hydrogen-bond donors (Lipinski definition) is 1. The molecule has 0 spiro atoms. The number of fused-ring (bicyclic) bond motifs is 1. The summed E-state index contributed by atoms with van der Waals surface area (Å²) in [6, 6.07) is 4.96. The van der Waals surface area contributed by atoms with Crippen LogP contribution in [0.5, 0.6) is 0 Å². The van der Waals surface area contributed by atoms with Gasteiger partial charge in [-0.1, -0.05) is 18.1 Å². The number of carbonyl (C=O) groups is 1. The SMILES string of the molecule is C#Cc1cccc(C(NC(=O)c2ncn3c(C)cc(C)nc23)C(F)(F)F)c1. The Bertz CT molecular complexity index is 1060. The minimum atomic E-state index is -4.71. The molecule has 8 heteroatoms. The van der Waals surface area contributed by atoms with Gasteiger partial charge >= 0.3 is 6.18 Å². The van der Waals surface area contributed by atoms with Gasteiger partial charge in [0.1, 0.15) is 6.33 Å². The van der Waals surface area contributed by atoms with E-state index in [4.69, 9.17) is 6.42 Å². The lowest BCUT2D eigenvalue weighted by atomic mass is 10.0. The third-order valence-corrected chi connectivity index (χ3v) is 4.03. The molecule has 2 aromatic heterocycles. The smallest absolute Gasteiger partial charge is 0.335 e. The van der Waals surface area contributed by atoms with Crippen LogP contribution in [0.15, 0.2) is 36.7 Å². The molecule has 0 aliphatic heterocycles. The number of carbonyl (C=O) groups excluding carboxylic acids is 1. The summed E-state index contributed by atoms with van der Waals surface area (Å²) in [6.07, 6.45) is 1.90. The molecule has 3 aromatic rings. The molecule has 0 bridgehead atoms. The van der Waals surface area contributed by atoms with Crippen molar-refractivity contribution in [3.63, 3.8) is 0 Å². The molecule has 3 rings (SSSR count). The molecule has 0 fully saturated rings. The molecule has 0 saturated carbocycles. The second-order valence-corrected chi connectivity index (χ2v) is 6.04. The maximum atomic E-state index is 13.6. The number of halogens is 3. The topological polar surface area (TPSA) is 59.3 Å². The Morgan fingerprint density at radius 2 is 2.04 bits per heavy atom. The summed E-state index contributed by atoms with van der Waals surface area (Å²) in [6.45, 7) is 3.51. The van der Waals surface area contributed by atoms with Crippen molar-refractivity contribution in [3.05, 3.63) is 64.9 Å². The van der Waals surface area contributed by atoms with Crippen LogP contribution in [0.4, 0.5) is 13.2 Å². The Morgan fingerprint density at radius 1 is 1.30 bits per heavy atom. The number of aryl methyl sites for hydroxylation is 2. The van der Waals surface area contributed by atoms with Crippen molar-refractivity contribution in [1.29, 1.82) is 0 Å². The second kappa shape index (κ2) is 6.76. The first-order valence-corrected chi connectivity index (χ1v) is 7.96. The average Bonchev–Trinajstić information content (AvgIpc) is 3.02. The lowest BCUT2D eigenvalue weighted by Crippen LogP contribution is -2.38. The van der Waals surface area contributed by atoms with Gasteiger partial charge in [0, 0.05) is 17.0 Å². The minimum Gasteiger partial charge on any atom is -0.335 e. The highest BCUT2D eigenvalue weighted by atomic mass is 19.4. The first-order valence-electron chi connectivity index (χ1n) is 7.96. The summed E-state index contributed by atoms with van der Waals surface area (Å²) < 4.78 is 42.3. The molecule has 5 nitrogen and oxygen atoms in total. The number of hydrogen-bond acceptors (Lipinski definition) is 3. The summed E-state index contributed by atoms with van der Waals surface area (Å²) in [7, 11) is 0. The number of terminal acetylenes is 1. The number of imidazole rings is 1. The van der Waals surface area contributed by atoms with E-state index in [2.05, 4.69) is 15.9 Å². The van der Waals surface area contributed by atoms with Crippen molar-refractivity contribution >= 4 is 11.6 Å². The largest absolute Gasteiger partial charge is 0.412 e. The summed E-state index contributed by atoms with van der Waals surface area (Å²) in [5.41, 5.74) is 1.54. The predicted octanol–water partition coefficient (Wildman–Crippen LogP) is 3.36. The number of benzene rings is 1. The quantitative estimate of drug-likeness (QED) is 0.718. The van der Waals surface area contributed by atoms with Crippen LogP contribution in [-0.2, 0) is 0 Å². The van der Waals surface area contributed by atoms with Crippen molar-refractivity contribution in [2.75, 3.05) is 0 Å². The molecule has 0 radical (unpaired) electrons. The van der Waals surface area contributed by atoms with E-state index in [1.165, 1.54) is 30.6 Å². The van der Waals surface area contributed by atoms with Crippen LogP contribution in [0.3, 0.4) is 0 Å². The first kappa shape index (κ1) is 18.5. The van der Waals surface area contributed by atoms with Crippen LogP contribution < -0.4 is 5.32 Å².